The second kappa shape index (κ2) is 8.17. The number of rotatable bonds is 5. The molecule has 2 N–H and O–H groups in total. The van der Waals surface area contributed by atoms with E-state index in [2.05, 4.69) is 29.5 Å². The second-order valence-electron chi connectivity index (χ2n) is 4.16. The summed E-state index contributed by atoms with van der Waals surface area (Å²) in [6.07, 6.45) is 2.58. The SMILES string of the molecule is C=C.CCOC(=O)C(Cc1c[nH]c2ccccc12)NC. The molecule has 2 rings (SSSR count). The highest BCUT2D eigenvalue weighted by atomic mass is 16.5. The zero-order chi connectivity index (χ0) is 15.0. The van der Waals surface area contributed by atoms with Crippen LogP contribution in [-0.2, 0) is 16.0 Å². The molecule has 1 aromatic carbocycles. The van der Waals surface area contributed by atoms with Gasteiger partial charge in [-0.25, -0.2) is 0 Å². The first-order valence-electron chi connectivity index (χ1n) is 6.65. The Hall–Kier alpha value is -2.07. The molecule has 20 heavy (non-hydrogen) atoms. The van der Waals surface area contributed by atoms with Crippen LogP contribution in [0.1, 0.15) is 12.5 Å². The molecule has 1 heterocycles. The van der Waals surface area contributed by atoms with Crippen molar-refractivity contribution in [1.82, 2.24) is 10.3 Å². The van der Waals surface area contributed by atoms with Crippen LogP contribution in [0, 0.1) is 0 Å². The largest absolute Gasteiger partial charge is 0.465 e. The van der Waals surface area contributed by atoms with E-state index in [1.165, 1.54) is 0 Å². The number of nitrogens with one attached hydrogen (secondary N) is 2. The van der Waals surface area contributed by atoms with Crippen molar-refractivity contribution in [2.45, 2.75) is 19.4 Å². The van der Waals surface area contributed by atoms with E-state index in [1.807, 2.05) is 31.3 Å². The van der Waals surface area contributed by atoms with Crippen molar-refractivity contribution in [3.05, 3.63) is 49.2 Å². The Labute approximate surface area is 119 Å². The van der Waals surface area contributed by atoms with Crippen molar-refractivity contribution >= 4 is 16.9 Å². The zero-order valence-electron chi connectivity index (χ0n) is 12.1. The molecule has 4 nitrogen and oxygen atoms in total. The summed E-state index contributed by atoms with van der Waals surface area (Å²) >= 11 is 0. The molecule has 4 heteroatoms. The number of esters is 1. The zero-order valence-corrected chi connectivity index (χ0v) is 12.1. The number of hydrogen-bond acceptors (Lipinski definition) is 3. The van der Waals surface area contributed by atoms with Crippen LogP contribution < -0.4 is 5.32 Å². The fourth-order valence-electron chi connectivity index (χ4n) is 2.07. The maximum absolute atomic E-state index is 11.7. The number of benzene rings is 1. The molecule has 1 aromatic heterocycles. The fourth-order valence-corrected chi connectivity index (χ4v) is 2.07. The van der Waals surface area contributed by atoms with Crippen LogP contribution in [0.2, 0.25) is 0 Å². The number of H-pyrrole nitrogens is 1. The van der Waals surface area contributed by atoms with E-state index < -0.39 is 0 Å². The number of aromatic nitrogens is 1. The Morgan fingerprint density at radius 3 is 2.75 bits per heavy atom. The van der Waals surface area contributed by atoms with E-state index in [-0.39, 0.29) is 12.0 Å². The Balaban J connectivity index is 0.000000956. The van der Waals surface area contributed by atoms with E-state index in [1.54, 1.807) is 7.05 Å². The van der Waals surface area contributed by atoms with Gasteiger partial charge in [0.2, 0.25) is 0 Å². The lowest BCUT2D eigenvalue weighted by Gasteiger charge is -2.14. The summed E-state index contributed by atoms with van der Waals surface area (Å²) in [5.74, 6) is -0.203. The van der Waals surface area contributed by atoms with Gasteiger partial charge in [-0.2, -0.15) is 0 Å². The van der Waals surface area contributed by atoms with Crippen molar-refractivity contribution in [3.8, 4) is 0 Å². The number of para-hydroxylation sites is 1. The number of hydrogen-bond donors (Lipinski definition) is 2. The highest BCUT2D eigenvalue weighted by Crippen LogP contribution is 2.19. The number of carbonyl (C=O) groups is 1. The Morgan fingerprint density at radius 2 is 2.10 bits per heavy atom. The lowest BCUT2D eigenvalue weighted by molar-refractivity contribution is -0.145. The van der Waals surface area contributed by atoms with Crippen LogP contribution in [0.4, 0.5) is 0 Å². The quantitative estimate of drug-likeness (QED) is 0.651. The van der Waals surface area contributed by atoms with E-state index in [0.717, 1.165) is 16.5 Å². The summed E-state index contributed by atoms with van der Waals surface area (Å²) in [6, 6.07) is 7.77. The smallest absolute Gasteiger partial charge is 0.323 e. The molecule has 1 unspecified atom stereocenters. The molecule has 0 spiro atoms. The average Bonchev–Trinajstić information content (AvgIpc) is 2.90. The summed E-state index contributed by atoms with van der Waals surface area (Å²) in [4.78, 5) is 15.0. The van der Waals surface area contributed by atoms with Crippen LogP contribution in [-0.4, -0.2) is 30.6 Å². The minimum atomic E-state index is -0.302. The standard InChI is InChI=1S/C14H18N2O2.C2H4/c1-3-18-14(17)13(15-2)8-10-9-16-12-7-5-4-6-11(10)12;1-2/h4-7,9,13,15-16H,3,8H2,1-2H3;1-2H2. The molecular weight excluding hydrogens is 252 g/mol. The number of carbonyl (C=O) groups excluding carboxylic acids is 1. The first-order chi connectivity index (χ1) is 9.76. The first kappa shape index (κ1) is 16.0. The lowest BCUT2D eigenvalue weighted by Crippen LogP contribution is -2.37. The molecule has 0 fully saturated rings. The van der Waals surface area contributed by atoms with Gasteiger partial charge in [-0.15, -0.1) is 13.2 Å². The summed E-state index contributed by atoms with van der Waals surface area (Å²) < 4.78 is 5.04. The fraction of sp³-hybridized carbons (Fsp3) is 0.312. The molecule has 0 amide bonds. The van der Waals surface area contributed by atoms with Crippen molar-refractivity contribution < 1.29 is 9.53 Å². The Morgan fingerprint density at radius 1 is 1.40 bits per heavy atom. The van der Waals surface area contributed by atoms with Crippen LogP contribution in [0.5, 0.6) is 0 Å². The first-order valence-corrected chi connectivity index (χ1v) is 6.65. The highest BCUT2D eigenvalue weighted by Gasteiger charge is 2.19. The Bertz CT molecular complexity index is 548. The van der Waals surface area contributed by atoms with Crippen molar-refractivity contribution in [3.63, 3.8) is 0 Å². The summed E-state index contributed by atoms with van der Waals surface area (Å²) in [5, 5.41) is 4.16. The maximum atomic E-state index is 11.7. The number of fused-ring (bicyclic) bond motifs is 1. The van der Waals surface area contributed by atoms with Crippen molar-refractivity contribution in [2.75, 3.05) is 13.7 Å². The van der Waals surface area contributed by atoms with Gasteiger partial charge in [0.1, 0.15) is 6.04 Å². The molecule has 0 aliphatic heterocycles. The summed E-state index contributed by atoms with van der Waals surface area (Å²) in [5.41, 5.74) is 2.21. The highest BCUT2D eigenvalue weighted by molar-refractivity contribution is 5.84. The Kier molecular flexibility index (Phi) is 6.53. The third-order valence-electron chi connectivity index (χ3n) is 3.02. The van der Waals surface area contributed by atoms with Gasteiger partial charge in [-0.05, 0) is 25.6 Å². The molecule has 2 aromatic rings. The van der Waals surface area contributed by atoms with Gasteiger partial charge in [0.15, 0.2) is 0 Å². The number of ether oxygens (including phenoxy) is 1. The molecule has 0 bridgehead atoms. The minimum absolute atomic E-state index is 0.203. The third-order valence-corrected chi connectivity index (χ3v) is 3.02. The molecule has 0 saturated carbocycles. The predicted octanol–water partition coefficient (Wildman–Crippen LogP) is 2.66. The summed E-state index contributed by atoms with van der Waals surface area (Å²) in [6.45, 7) is 8.22. The van der Waals surface area contributed by atoms with E-state index in [4.69, 9.17) is 4.74 Å². The van der Waals surface area contributed by atoms with E-state index in [0.29, 0.717) is 13.0 Å². The molecule has 0 aliphatic rings. The molecule has 0 aliphatic carbocycles. The predicted molar refractivity (Wildman–Crippen MR) is 82.7 cm³/mol. The van der Waals surface area contributed by atoms with Crippen molar-refractivity contribution in [1.29, 1.82) is 0 Å². The van der Waals surface area contributed by atoms with E-state index in [9.17, 15) is 4.79 Å². The van der Waals surface area contributed by atoms with E-state index >= 15 is 0 Å². The molecule has 0 saturated heterocycles. The van der Waals surface area contributed by atoms with Gasteiger partial charge >= 0.3 is 5.97 Å². The topological polar surface area (TPSA) is 54.1 Å². The monoisotopic (exact) mass is 274 g/mol. The van der Waals surface area contributed by atoms with Crippen LogP contribution in [0.25, 0.3) is 10.9 Å². The number of aromatic amines is 1. The van der Waals surface area contributed by atoms with Crippen LogP contribution in [0.3, 0.4) is 0 Å². The minimum Gasteiger partial charge on any atom is -0.465 e. The maximum Gasteiger partial charge on any atom is 0.323 e. The molecular formula is C16H22N2O2. The van der Waals surface area contributed by atoms with Crippen LogP contribution in [0.15, 0.2) is 43.6 Å². The molecule has 108 valence electrons. The van der Waals surface area contributed by atoms with Gasteiger partial charge in [0.05, 0.1) is 6.61 Å². The second-order valence-corrected chi connectivity index (χ2v) is 4.16. The normalized spacial score (nSPS) is 11.5. The van der Waals surface area contributed by atoms with Gasteiger partial charge < -0.3 is 15.0 Å². The summed E-state index contributed by atoms with van der Waals surface area (Å²) in [7, 11) is 1.77. The van der Waals surface area contributed by atoms with Crippen molar-refractivity contribution in [2.24, 2.45) is 0 Å². The third kappa shape index (κ3) is 3.71. The number of likely N-dealkylation sites (N-methyl/N-ethyl adjacent to an activating group) is 1. The molecule has 1 atom stereocenters. The van der Waals surface area contributed by atoms with Gasteiger partial charge in [-0.3, -0.25) is 4.79 Å². The van der Waals surface area contributed by atoms with Gasteiger partial charge in [0.25, 0.3) is 0 Å². The lowest BCUT2D eigenvalue weighted by atomic mass is 10.1. The van der Waals surface area contributed by atoms with Gasteiger partial charge in [0, 0.05) is 23.5 Å². The van der Waals surface area contributed by atoms with Gasteiger partial charge in [-0.1, -0.05) is 18.2 Å². The van der Waals surface area contributed by atoms with Crippen LogP contribution >= 0.6 is 0 Å². The average molecular weight is 274 g/mol. The molecule has 0 radical (unpaired) electrons.